The molecule has 1 amide bonds. The molecule has 1 saturated heterocycles. The van der Waals surface area contributed by atoms with E-state index in [1.54, 1.807) is 18.3 Å². The molecule has 8 nitrogen and oxygen atoms in total. The molecule has 28 heavy (non-hydrogen) atoms. The number of nitrogens with one attached hydrogen (secondary N) is 1. The summed E-state index contributed by atoms with van der Waals surface area (Å²) < 4.78 is 1.87. The summed E-state index contributed by atoms with van der Waals surface area (Å²) in [5.74, 6) is -0.0349. The minimum atomic E-state index is -0.300. The van der Waals surface area contributed by atoms with Crippen molar-refractivity contribution in [1.29, 1.82) is 0 Å². The molecule has 3 aliphatic rings. The van der Waals surface area contributed by atoms with Crippen molar-refractivity contribution in [2.75, 3.05) is 10.2 Å². The third-order valence-electron chi connectivity index (χ3n) is 6.12. The molecule has 0 saturated carbocycles. The van der Waals surface area contributed by atoms with Crippen LogP contribution < -0.4 is 10.2 Å². The van der Waals surface area contributed by atoms with Crippen molar-refractivity contribution >= 4 is 28.5 Å². The van der Waals surface area contributed by atoms with Gasteiger partial charge in [-0.3, -0.25) is 19.6 Å². The van der Waals surface area contributed by atoms with Gasteiger partial charge in [-0.2, -0.15) is 5.10 Å². The first-order valence-corrected chi connectivity index (χ1v) is 9.60. The third kappa shape index (κ3) is 2.59. The van der Waals surface area contributed by atoms with Crippen LogP contribution in [-0.4, -0.2) is 32.7 Å². The molecular formula is C20H21N5O3. The molecule has 1 N–H and O–H groups in total. The summed E-state index contributed by atoms with van der Waals surface area (Å²) in [5.41, 5.74) is 4.63. The van der Waals surface area contributed by atoms with E-state index >= 15 is 0 Å². The first kappa shape index (κ1) is 17.0. The largest absolute Gasteiger partial charge is 0.356 e. The average Bonchev–Trinajstić information content (AvgIpc) is 3.20. The summed E-state index contributed by atoms with van der Waals surface area (Å²) in [6.45, 7) is 0. The van der Waals surface area contributed by atoms with Crippen LogP contribution in [0.4, 0.5) is 17.1 Å². The van der Waals surface area contributed by atoms with Gasteiger partial charge in [0, 0.05) is 43.5 Å². The quantitative estimate of drug-likeness (QED) is 0.653. The van der Waals surface area contributed by atoms with Gasteiger partial charge in [-0.25, -0.2) is 0 Å². The standard InChI is InChI=1S/C20H21N5O3/c1-23-17(6-7-21-23)13-8-14-3-4-15(9-13)24(14)18-11-16-12(2-5-20(26)22-16)10-19(18)25(27)28/h6-8,10-11,14-15H,2-5,9H2,1H3,(H,22,26). The summed E-state index contributed by atoms with van der Waals surface area (Å²) >= 11 is 0. The van der Waals surface area contributed by atoms with E-state index in [1.807, 2.05) is 17.8 Å². The van der Waals surface area contributed by atoms with Crippen LogP contribution in [-0.2, 0) is 18.3 Å². The Morgan fingerprint density at radius 3 is 2.86 bits per heavy atom. The number of nitrogens with zero attached hydrogens (tertiary/aromatic N) is 4. The van der Waals surface area contributed by atoms with Gasteiger partial charge < -0.3 is 10.2 Å². The van der Waals surface area contributed by atoms with Crippen molar-refractivity contribution in [2.24, 2.45) is 7.05 Å². The van der Waals surface area contributed by atoms with Crippen LogP contribution in [0, 0.1) is 10.1 Å². The van der Waals surface area contributed by atoms with Crippen LogP contribution in [0.15, 0.2) is 30.5 Å². The first-order chi connectivity index (χ1) is 13.5. The second-order valence-electron chi connectivity index (χ2n) is 7.75. The number of benzene rings is 1. The van der Waals surface area contributed by atoms with E-state index in [0.717, 1.165) is 30.5 Å². The van der Waals surface area contributed by atoms with Gasteiger partial charge >= 0.3 is 0 Å². The third-order valence-corrected chi connectivity index (χ3v) is 6.12. The number of aryl methyl sites for hydroxylation is 2. The average molecular weight is 379 g/mol. The van der Waals surface area contributed by atoms with E-state index in [2.05, 4.69) is 21.4 Å². The molecule has 1 aromatic heterocycles. The number of carbonyl (C=O) groups excluding carboxylic acids is 1. The maximum atomic E-state index is 11.8. The Balaban J connectivity index is 1.57. The highest BCUT2D eigenvalue weighted by Crippen LogP contribution is 2.46. The van der Waals surface area contributed by atoms with E-state index in [1.165, 1.54) is 5.57 Å². The maximum absolute atomic E-state index is 11.8. The highest BCUT2D eigenvalue weighted by atomic mass is 16.6. The van der Waals surface area contributed by atoms with Gasteiger partial charge in [-0.15, -0.1) is 0 Å². The molecule has 0 aliphatic carbocycles. The fourth-order valence-corrected chi connectivity index (χ4v) is 4.84. The van der Waals surface area contributed by atoms with Crippen molar-refractivity contribution in [3.05, 3.63) is 51.8 Å². The van der Waals surface area contributed by atoms with E-state index in [9.17, 15) is 14.9 Å². The molecule has 2 bridgehead atoms. The number of hydrogen-bond acceptors (Lipinski definition) is 5. The Morgan fingerprint density at radius 1 is 1.29 bits per heavy atom. The topological polar surface area (TPSA) is 93.3 Å². The number of fused-ring (bicyclic) bond motifs is 3. The Bertz CT molecular complexity index is 1020. The molecule has 1 fully saturated rings. The molecule has 5 rings (SSSR count). The van der Waals surface area contributed by atoms with Gasteiger partial charge in [0.05, 0.1) is 10.6 Å². The van der Waals surface area contributed by atoms with Crippen LogP contribution in [0.25, 0.3) is 5.57 Å². The Kier molecular flexibility index (Phi) is 3.75. The van der Waals surface area contributed by atoms with Crippen molar-refractivity contribution in [3.8, 4) is 0 Å². The molecule has 0 radical (unpaired) electrons. The van der Waals surface area contributed by atoms with E-state index in [0.29, 0.717) is 24.2 Å². The van der Waals surface area contributed by atoms with E-state index in [-0.39, 0.29) is 28.6 Å². The molecule has 2 unspecified atom stereocenters. The van der Waals surface area contributed by atoms with Crippen LogP contribution in [0.1, 0.15) is 36.9 Å². The maximum Gasteiger partial charge on any atom is 0.292 e. The second kappa shape index (κ2) is 6.19. The minimum absolute atomic E-state index is 0.0349. The molecule has 8 heteroatoms. The Hall–Kier alpha value is -3.16. The molecule has 2 aromatic rings. The van der Waals surface area contributed by atoms with Gasteiger partial charge in [-0.1, -0.05) is 6.08 Å². The number of aromatic nitrogens is 2. The lowest BCUT2D eigenvalue weighted by Crippen LogP contribution is -2.39. The zero-order valence-electron chi connectivity index (χ0n) is 15.6. The number of amides is 1. The minimum Gasteiger partial charge on any atom is -0.356 e. The Morgan fingerprint density at radius 2 is 2.14 bits per heavy atom. The number of nitro benzene ring substituents is 1. The SMILES string of the molecule is Cn1nccc1C1=CC2CCC(C1)N2c1cc2c(cc1[N+](=O)[O-])CCC(=O)N2. The van der Waals surface area contributed by atoms with Crippen molar-refractivity contribution in [2.45, 2.75) is 44.2 Å². The molecule has 0 spiro atoms. The van der Waals surface area contributed by atoms with Gasteiger partial charge in [0.15, 0.2) is 0 Å². The molecule has 144 valence electrons. The van der Waals surface area contributed by atoms with Crippen LogP contribution in [0.3, 0.4) is 0 Å². The number of carbonyl (C=O) groups is 1. The van der Waals surface area contributed by atoms with Gasteiger partial charge in [-0.05, 0) is 49.0 Å². The predicted molar refractivity (Wildman–Crippen MR) is 105 cm³/mol. The van der Waals surface area contributed by atoms with Gasteiger partial charge in [0.2, 0.25) is 5.91 Å². The zero-order valence-corrected chi connectivity index (χ0v) is 15.6. The monoisotopic (exact) mass is 379 g/mol. The van der Waals surface area contributed by atoms with Crippen LogP contribution in [0.2, 0.25) is 0 Å². The lowest BCUT2D eigenvalue weighted by atomic mass is 9.96. The summed E-state index contributed by atoms with van der Waals surface area (Å²) in [7, 11) is 1.93. The highest BCUT2D eigenvalue weighted by Gasteiger charge is 2.40. The summed E-state index contributed by atoms with van der Waals surface area (Å²) in [5, 5.41) is 19.0. The lowest BCUT2D eigenvalue weighted by Gasteiger charge is -2.36. The van der Waals surface area contributed by atoms with Gasteiger partial charge in [0.25, 0.3) is 5.69 Å². The first-order valence-electron chi connectivity index (χ1n) is 9.60. The van der Waals surface area contributed by atoms with Crippen molar-refractivity contribution in [1.82, 2.24) is 9.78 Å². The van der Waals surface area contributed by atoms with Crippen molar-refractivity contribution < 1.29 is 9.72 Å². The summed E-state index contributed by atoms with van der Waals surface area (Å²) in [6, 6.07) is 5.77. The molecular weight excluding hydrogens is 358 g/mol. The number of hydrogen-bond donors (Lipinski definition) is 1. The normalized spacial score (nSPS) is 23.2. The fraction of sp³-hybridized carbons (Fsp3) is 0.400. The zero-order chi connectivity index (χ0) is 19.4. The second-order valence-corrected chi connectivity index (χ2v) is 7.75. The molecule has 1 aromatic carbocycles. The number of nitro groups is 1. The molecule has 2 atom stereocenters. The number of rotatable bonds is 3. The highest BCUT2D eigenvalue weighted by molar-refractivity contribution is 5.95. The Labute approximate surface area is 162 Å². The van der Waals surface area contributed by atoms with E-state index in [4.69, 9.17) is 0 Å². The predicted octanol–water partition coefficient (Wildman–Crippen LogP) is 3.04. The molecule has 4 heterocycles. The molecule has 3 aliphatic heterocycles. The van der Waals surface area contributed by atoms with E-state index < -0.39 is 0 Å². The summed E-state index contributed by atoms with van der Waals surface area (Å²) in [6.07, 6.45) is 7.71. The van der Waals surface area contributed by atoms with Crippen molar-refractivity contribution in [3.63, 3.8) is 0 Å². The van der Waals surface area contributed by atoms with Crippen LogP contribution in [0.5, 0.6) is 0 Å². The van der Waals surface area contributed by atoms with Gasteiger partial charge in [0.1, 0.15) is 5.69 Å². The smallest absolute Gasteiger partial charge is 0.292 e. The van der Waals surface area contributed by atoms with Crippen LogP contribution >= 0.6 is 0 Å². The number of anilines is 2. The fourth-order valence-electron chi connectivity index (χ4n) is 4.84. The lowest BCUT2D eigenvalue weighted by molar-refractivity contribution is -0.384. The summed E-state index contributed by atoms with van der Waals surface area (Å²) in [4.78, 5) is 25.5.